The van der Waals surface area contributed by atoms with Crippen molar-refractivity contribution in [2.24, 2.45) is 5.92 Å². The van der Waals surface area contributed by atoms with Crippen molar-refractivity contribution in [1.29, 1.82) is 5.26 Å². The highest BCUT2D eigenvalue weighted by atomic mass is 16.5. The van der Waals surface area contributed by atoms with Crippen LogP contribution in [0.3, 0.4) is 0 Å². The first-order valence-electron chi connectivity index (χ1n) is 9.66. The summed E-state index contributed by atoms with van der Waals surface area (Å²) in [6, 6.07) is 18.8. The second kappa shape index (κ2) is 9.61. The summed E-state index contributed by atoms with van der Waals surface area (Å²) in [5.74, 6) is 1.55. The van der Waals surface area contributed by atoms with Crippen LogP contribution in [0.2, 0.25) is 0 Å². The van der Waals surface area contributed by atoms with Gasteiger partial charge in [0.1, 0.15) is 23.1 Å². The molecule has 1 fully saturated rings. The van der Waals surface area contributed by atoms with E-state index in [9.17, 15) is 10.1 Å². The molecule has 5 nitrogen and oxygen atoms in total. The molecular weight excluding hydrogens is 350 g/mol. The average Bonchev–Trinajstić information content (AvgIpc) is 2.72. The molecule has 2 aromatic carbocycles. The number of nitrogens with zero attached hydrogens (tertiary/aromatic N) is 1. The second-order valence-electron chi connectivity index (χ2n) is 7.10. The molecule has 0 aromatic heterocycles. The summed E-state index contributed by atoms with van der Waals surface area (Å²) < 4.78 is 5.74. The molecule has 144 valence electrons. The lowest BCUT2D eigenvalue weighted by Gasteiger charge is -2.29. The van der Waals surface area contributed by atoms with Crippen LogP contribution in [-0.4, -0.2) is 11.9 Å². The van der Waals surface area contributed by atoms with Crippen molar-refractivity contribution in [3.8, 4) is 17.6 Å². The Morgan fingerprint density at radius 1 is 1.07 bits per heavy atom. The number of nitrogens with one attached hydrogen (secondary N) is 2. The predicted molar refractivity (Wildman–Crippen MR) is 110 cm³/mol. The minimum Gasteiger partial charge on any atom is -0.457 e. The van der Waals surface area contributed by atoms with E-state index in [2.05, 4.69) is 17.6 Å². The summed E-state index contributed by atoms with van der Waals surface area (Å²) in [6.07, 6.45) is 6.23. The quantitative estimate of drug-likeness (QED) is 0.551. The molecule has 0 aliphatic heterocycles. The van der Waals surface area contributed by atoms with Crippen molar-refractivity contribution in [3.05, 3.63) is 66.4 Å². The molecule has 5 heteroatoms. The van der Waals surface area contributed by atoms with Gasteiger partial charge in [0.15, 0.2) is 0 Å². The number of nitriles is 1. The van der Waals surface area contributed by atoms with Crippen molar-refractivity contribution in [1.82, 2.24) is 5.32 Å². The van der Waals surface area contributed by atoms with Crippen LogP contribution < -0.4 is 15.4 Å². The molecule has 0 heterocycles. The van der Waals surface area contributed by atoms with Crippen LogP contribution in [-0.2, 0) is 4.79 Å². The van der Waals surface area contributed by atoms with Crippen LogP contribution in [0.15, 0.2) is 66.4 Å². The largest absolute Gasteiger partial charge is 0.457 e. The molecule has 1 amide bonds. The molecule has 1 aliphatic carbocycles. The Hall–Kier alpha value is -3.26. The summed E-state index contributed by atoms with van der Waals surface area (Å²) in [5, 5.41) is 15.4. The van der Waals surface area contributed by atoms with Crippen molar-refractivity contribution in [3.63, 3.8) is 0 Å². The summed E-state index contributed by atoms with van der Waals surface area (Å²) in [4.78, 5) is 12.4. The number of carbonyl (C=O) groups is 1. The first-order valence-corrected chi connectivity index (χ1v) is 9.66. The lowest BCUT2D eigenvalue weighted by Crippen LogP contribution is -2.34. The van der Waals surface area contributed by atoms with Crippen molar-refractivity contribution in [2.75, 3.05) is 5.32 Å². The number of hydrogen-bond donors (Lipinski definition) is 2. The summed E-state index contributed by atoms with van der Waals surface area (Å²) >= 11 is 0. The van der Waals surface area contributed by atoms with Gasteiger partial charge >= 0.3 is 0 Å². The number of carbonyl (C=O) groups excluding carboxylic acids is 1. The molecule has 2 atom stereocenters. The normalized spacial score (nSPS) is 19.4. The Labute approximate surface area is 166 Å². The van der Waals surface area contributed by atoms with E-state index in [-0.39, 0.29) is 5.57 Å². The first-order chi connectivity index (χ1) is 13.7. The van der Waals surface area contributed by atoms with E-state index in [1.165, 1.54) is 19.3 Å². The molecule has 0 saturated heterocycles. The third-order valence-electron chi connectivity index (χ3n) is 5.01. The molecule has 0 spiro atoms. The standard InChI is InChI=1S/C23H25N3O2/c1-17-7-5-6-10-22(17)25-16-18(15-24)23(27)26-19-11-13-21(14-12-19)28-20-8-3-2-4-9-20/h2-4,8-9,11-14,16-17,22,25H,5-7,10H2,1H3,(H,26,27)/b18-16-. The number of anilines is 1. The fraction of sp³-hybridized carbons (Fsp3) is 0.304. The molecule has 3 rings (SSSR count). The molecule has 0 radical (unpaired) electrons. The van der Waals surface area contributed by atoms with Gasteiger partial charge in [0.2, 0.25) is 0 Å². The number of rotatable bonds is 6. The molecular formula is C23H25N3O2. The van der Waals surface area contributed by atoms with Gasteiger partial charge in [-0.1, -0.05) is 38.0 Å². The molecule has 1 aliphatic rings. The van der Waals surface area contributed by atoms with Crippen molar-refractivity contribution < 1.29 is 9.53 Å². The van der Waals surface area contributed by atoms with Gasteiger partial charge in [-0.3, -0.25) is 4.79 Å². The Kier molecular flexibility index (Phi) is 6.69. The van der Waals surface area contributed by atoms with Crippen LogP contribution in [0.25, 0.3) is 0 Å². The topological polar surface area (TPSA) is 74.2 Å². The van der Waals surface area contributed by atoms with E-state index in [0.717, 1.165) is 12.2 Å². The Bertz CT molecular complexity index is 854. The van der Waals surface area contributed by atoms with E-state index in [1.807, 2.05) is 36.4 Å². The molecule has 28 heavy (non-hydrogen) atoms. The molecule has 2 N–H and O–H groups in total. The van der Waals surface area contributed by atoms with Gasteiger partial charge < -0.3 is 15.4 Å². The second-order valence-corrected chi connectivity index (χ2v) is 7.10. The maximum atomic E-state index is 12.4. The summed E-state index contributed by atoms with van der Waals surface area (Å²) in [7, 11) is 0. The Morgan fingerprint density at radius 2 is 1.75 bits per heavy atom. The zero-order chi connectivity index (χ0) is 19.8. The van der Waals surface area contributed by atoms with Gasteiger partial charge in [-0.05, 0) is 55.2 Å². The van der Waals surface area contributed by atoms with Gasteiger partial charge in [0, 0.05) is 17.9 Å². The number of benzene rings is 2. The number of para-hydroxylation sites is 1. The molecule has 0 bridgehead atoms. The number of amides is 1. The van der Waals surface area contributed by atoms with Gasteiger partial charge in [0.05, 0.1) is 0 Å². The first kappa shape index (κ1) is 19.5. The van der Waals surface area contributed by atoms with E-state index in [0.29, 0.717) is 23.4 Å². The Morgan fingerprint density at radius 3 is 2.43 bits per heavy atom. The number of ether oxygens (including phenoxy) is 1. The van der Waals surface area contributed by atoms with E-state index >= 15 is 0 Å². The zero-order valence-corrected chi connectivity index (χ0v) is 16.0. The predicted octanol–water partition coefficient (Wildman–Crippen LogP) is 4.99. The molecule has 2 aromatic rings. The van der Waals surface area contributed by atoms with Crippen LogP contribution in [0.5, 0.6) is 11.5 Å². The fourth-order valence-electron chi connectivity index (χ4n) is 3.33. The van der Waals surface area contributed by atoms with Gasteiger partial charge in [-0.25, -0.2) is 0 Å². The minimum atomic E-state index is -0.421. The summed E-state index contributed by atoms with van der Waals surface area (Å²) in [6.45, 7) is 2.20. The molecule has 1 saturated carbocycles. The maximum absolute atomic E-state index is 12.4. The average molecular weight is 375 g/mol. The summed E-state index contributed by atoms with van der Waals surface area (Å²) in [5.41, 5.74) is 0.681. The highest BCUT2D eigenvalue weighted by Gasteiger charge is 2.20. The third-order valence-corrected chi connectivity index (χ3v) is 5.01. The monoisotopic (exact) mass is 375 g/mol. The highest BCUT2D eigenvalue weighted by Crippen LogP contribution is 2.24. The van der Waals surface area contributed by atoms with E-state index < -0.39 is 5.91 Å². The van der Waals surface area contributed by atoms with Crippen LogP contribution >= 0.6 is 0 Å². The Balaban J connectivity index is 1.58. The van der Waals surface area contributed by atoms with Crippen molar-refractivity contribution in [2.45, 2.75) is 38.6 Å². The lowest BCUT2D eigenvalue weighted by atomic mass is 9.86. The van der Waals surface area contributed by atoms with Crippen LogP contribution in [0.1, 0.15) is 32.6 Å². The fourth-order valence-corrected chi connectivity index (χ4v) is 3.33. The SMILES string of the molecule is CC1CCCCC1N/C=C(/C#N)C(=O)Nc1ccc(Oc2ccccc2)cc1. The van der Waals surface area contributed by atoms with Gasteiger partial charge in [0.25, 0.3) is 5.91 Å². The van der Waals surface area contributed by atoms with Gasteiger partial charge in [-0.2, -0.15) is 5.26 Å². The van der Waals surface area contributed by atoms with Crippen molar-refractivity contribution >= 4 is 11.6 Å². The van der Waals surface area contributed by atoms with E-state index in [4.69, 9.17) is 4.74 Å². The molecule has 2 unspecified atom stereocenters. The smallest absolute Gasteiger partial charge is 0.267 e. The third kappa shape index (κ3) is 5.37. The highest BCUT2D eigenvalue weighted by molar-refractivity contribution is 6.06. The van der Waals surface area contributed by atoms with Crippen LogP contribution in [0.4, 0.5) is 5.69 Å². The van der Waals surface area contributed by atoms with Crippen LogP contribution in [0, 0.1) is 17.2 Å². The number of hydrogen-bond acceptors (Lipinski definition) is 4. The lowest BCUT2D eigenvalue weighted by molar-refractivity contribution is -0.112. The minimum absolute atomic E-state index is 0.0717. The zero-order valence-electron chi connectivity index (χ0n) is 16.0. The maximum Gasteiger partial charge on any atom is 0.267 e. The van der Waals surface area contributed by atoms with Gasteiger partial charge in [-0.15, -0.1) is 0 Å². The van der Waals surface area contributed by atoms with E-state index in [1.54, 1.807) is 30.5 Å².